The van der Waals surface area contributed by atoms with Crippen LogP contribution >= 0.6 is 0 Å². The topological polar surface area (TPSA) is 55.8 Å². The lowest BCUT2D eigenvalue weighted by molar-refractivity contribution is -0.154. The molecule has 0 spiro atoms. The average molecular weight is 373 g/mol. The molecule has 0 rings (SSSR count). The van der Waals surface area contributed by atoms with E-state index in [4.69, 9.17) is 14.6 Å². The van der Waals surface area contributed by atoms with Gasteiger partial charge in [-0.15, -0.1) is 0 Å². The smallest absolute Gasteiger partial charge is 0.305 e. The van der Waals surface area contributed by atoms with Gasteiger partial charge in [0.1, 0.15) is 6.10 Å². The van der Waals surface area contributed by atoms with Gasteiger partial charge in [0.25, 0.3) is 0 Å². The quantitative estimate of drug-likeness (QED) is 0.217. The number of carbonyl (C=O) groups is 1. The Morgan fingerprint density at radius 2 is 1.23 bits per heavy atom. The molecule has 0 bridgehead atoms. The van der Waals surface area contributed by atoms with Crippen LogP contribution in [0.15, 0.2) is 0 Å². The van der Waals surface area contributed by atoms with Crippen molar-refractivity contribution >= 4 is 5.97 Å². The lowest BCUT2D eigenvalue weighted by atomic mass is 10.0. The SMILES string of the molecule is CCCCCCCCCCCCCCCCOCC(CO)OC(=O)CC. The first-order valence-electron chi connectivity index (χ1n) is 11.1. The maximum atomic E-state index is 11.2. The van der Waals surface area contributed by atoms with Crippen LogP contribution in [0.3, 0.4) is 0 Å². The highest BCUT2D eigenvalue weighted by atomic mass is 16.6. The van der Waals surface area contributed by atoms with Gasteiger partial charge in [-0.25, -0.2) is 0 Å². The van der Waals surface area contributed by atoms with E-state index in [1.165, 1.54) is 83.5 Å². The number of hydrogen-bond acceptors (Lipinski definition) is 4. The summed E-state index contributed by atoms with van der Waals surface area (Å²) in [5.41, 5.74) is 0. The predicted molar refractivity (Wildman–Crippen MR) is 108 cm³/mol. The minimum absolute atomic E-state index is 0.176. The molecule has 4 nitrogen and oxygen atoms in total. The van der Waals surface area contributed by atoms with Crippen molar-refractivity contribution in [1.29, 1.82) is 0 Å². The molecule has 0 aromatic heterocycles. The van der Waals surface area contributed by atoms with Crippen molar-refractivity contribution in [2.45, 2.75) is 116 Å². The van der Waals surface area contributed by atoms with Crippen LogP contribution in [-0.2, 0) is 14.3 Å². The van der Waals surface area contributed by atoms with Crippen LogP contribution in [0.5, 0.6) is 0 Å². The highest BCUT2D eigenvalue weighted by Crippen LogP contribution is 2.13. The second-order valence-corrected chi connectivity index (χ2v) is 7.32. The maximum Gasteiger partial charge on any atom is 0.305 e. The van der Waals surface area contributed by atoms with Crippen molar-refractivity contribution < 1.29 is 19.4 Å². The minimum Gasteiger partial charge on any atom is -0.457 e. The third kappa shape index (κ3) is 18.2. The van der Waals surface area contributed by atoms with Crippen molar-refractivity contribution in [3.8, 4) is 0 Å². The fraction of sp³-hybridized carbons (Fsp3) is 0.955. The Hall–Kier alpha value is -0.610. The molecule has 0 aromatic carbocycles. The summed E-state index contributed by atoms with van der Waals surface area (Å²) in [6.07, 6.45) is 18.6. The molecule has 0 saturated carbocycles. The maximum absolute atomic E-state index is 11.2. The summed E-state index contributed by atoms with van der Waals surface area (Å²) >= 11 is 0. The Balaban J connectivity index is 3.20. The second kappa shape index (κ2) is 20.7. The van der Waals surface area contributed by atoms with Gasteiger partial charge in [-0.2, -0.15) is 0 Å². The number of rotatable bonds is 20. The molecule has 1 N–H and O–H groups in total. The van der Waals surface area contributed by atoms with Crippen LogP contribution in [0, 0.1) is 0 Å². The Morgan fingerprint density at radius 1 is 0.769 bits per heavy atom. The van der Waals surface area contributed by atoms with E-state index in [-0.39, 0.29) is 12.6 Å². The summed E-state index contributed by atoms with van der Waals surface area (Å²) in [7, 11) is 0. The van der Waals surface area contributed by atoms with Gasteiger partial charge in [-0.1, -0.05) is 97.3 Å². The zero-order valence-electron chi connectivity index (χ0n) is 17.5. The molecule has 156 valence electrons. The number of carbonyl (C=O) groups excluding carboxylic acids is 1. The van der Waals surface area contributed by atoms with Crippen molar-refractivity contribution in [3.63, 3.8) is 0 Å². The van der Waals surface area contributed by atoms with Gasteiger partial charge in [-0.05, 0) is 6.42 Å². The summed E-state index contributed by atoms with van der Waals surface area (Å²) in [6.45, 7) is 4.81. The van der Waals surface area contributed by atoms with E-state index in [0.29, 0.717) is 19.6 Å². The van der Waals surface area contributed by atoms with E-state index < -0.39 is 6.10 Å². The molecular weight excluding hydrogens is 328 g/mol. The third-order valence-electron chi connectivity index (χ3n) is 4.74. The second-order valence-electron chi connectivity index (χ2n) is 7.32. The molecule has 0 radical (unpaired) electrons. The van der Waals surface area contributed by atoms with Crippen molar-refractivity contribution in [2.24, 2.45) is 0 Å². The fourth-order valence-electron chi connectivity index (χ4n) is 3.01. The van der Waals surface area contributed by atoms with E-state index in [1.807, 2.05) is 0 Å². The largest absolute Gasteiger partial charge is 0.457 e. The molecule has 0 heterocycles. The first-order valence-corrected chi connectivity index (χ1v) is 11.1. The molecule has 0 aliphatic heterocycles. The van der Waals surface area contributed by atoms with Crippen molar-refractivity contribution in [1.82, 2.24) is 0 Å². The van der Waals surface area contributed by atoms with Crippen LogP contribution in [0.25, 0.3) is 0 Å². The van der Waals surface area contributed by atoms with Gasteiger partial charge in [0.05, 0.1) is 13.2 Å². The molecule has 0 saturated heterocycles. The molecule has 0 aromatic rings. The van der Waals surface area contributed by atoms with E-state index >= 15 is 0 Å². The van der Waals surface area contributed by atoms with Crippen LogP contribution < -0.4 is 0 Å². The van der Waals surface area contributed by atoms with E-state index in [0.717, 1.165) is 6.42 Å². The number of aliphatic hydroxyl groups excluding tert-OH is 1. The number of esters is 1. The highest BCUT2D eigenvalue weighted by Gasteiger charge is 2.12. The van der Waals surface area contributed by atoms with Crippen LogP contribution in [-0.4, -0.2) is 37.0 Å². The van der Waals surface area contributed by atoms with Gasteiger partial charge in [0.2, 0.25) is 0 Å². The molecular formula is C22H44O4. The normalized spacial score (nSPS) is 12.3. The summed E-state index contributed by atoms with van der Waals surface area (Å²) in [5, 5.41) is 9.14. The Kier molecular flexibility index (Phi) is 20.2. The lowest BCUT2D eigenvalue weighted by Crippen LogP contribution is -2.27. The zero-order chi connectivity index (χ0) is 19.3. The molecule has 4 heteroatoms. The van der Waals surface area contributed by atoms with Gasteiger partial charge < -0.3 is 14.6 Å². The van der Waals surface area contributed by atoms with E-state index in [2.05, 4.69) is 6.92 Å². The first kappa shape index (κ1) is 25.4. The molecule has 0 aliphatic carbocycles. The molecule has 1 unspecified atom stereocenters. The first-order chi connectivity index (χ1) is 12.7. The number of unbranched alkanes of at least 4 members (excludes halogenated alkanes) is 13. The van der Waals surface area contributed by atoms with Gasteiger partial charge in [-0.3, -0.25) is 4.79 Å². The Labute approximate surface area is 162 Å². The number of aliphatic hydroxyl groups is 1. The summed E-state index contributed by atoms with van der Waals surface area (Å²) in [5.74, 6) is -0.288. The van der Waals surface area contributed by atoms with Crippen molar-refractivity contribution in [2.75, 3.05) is 19.8 Å². The molecule has 26 heavy (non-hydrogen) atoms. The molecule has 0 fully saturated rings. The third-order valence-corrected chi connectivity index (χ3v) is 4.74. The number of ether oxygens (including phenoxy) is 2. The van der Waals surface area contributed by atoms with Gasteiger partial charge in [0, 0.05) is 13.0 Å². The van der Waals surface area contributed by atoms with E-state index in [9.17, 15) is 4.79 Å². The zero-order valence-corrected chi connectivity index (χ0v) is 17.5. The standard InChI is InChI=1S/C22H44O4/c1-3-5-6-7-8-9-10-11-12-13-14-15-16-17-18-25-20-21(19-23)26-22(24)4-2/h21,23H,3-20H2,1-2H3. The average Bonchev–Trinajstić information content (AvgIpc) is 2.66. The summed E-state index contributed by atoms with van der Waals surface area (Å²) in [4.78, 5) is 11.2. The molecule has 1 atom stereocenters. The highest BCUT2D eigenvalue weighted by molar-refractivity contribution is 5.69. The monoisotopic (exact) mass is 372 g/mol. The van der Waals surface area contributed by atoms with E-state index in [1.54, 1.807) is 6.92 Å². The minimum atomic E-state index is -0.519. The van der Waals surface area contributed by atoms with Crippen molar-refractivity contribution in [3.05, 3.63) is 0 Å². The summed E-state index contributed by atoms with van der Waals surface area (Å²) < 4.78 is 10.6. The number of hydrogen-bond donors (Lipinski definition) is 1. The van der Waals surface area contributed by atoms with Crippen LogP contribution in [0.2, 0.25) is 0 Å². The summed E-state index contributed by atoms with van der Waals surface area (Å²) in [6, 6.07) is 0. The molecule has 0 aliphatic rings. The van der Waals surface area contributed by atoms with Crippen LogP contribution in [0.1, 0.15) is 110 Å². The Morgan fingerprint density at radius 3 is 1.65 bits per heavy atom. The van der Waals surface area contributed by atoms with Gasteiger partial charge >= 0.3 is 5.97 Å². The lowest BCUT2D eigenvalue weighted by Gasteiger charge is -2.15. The predicted octanol–water partition coefficient (Wildman–Crippen LogP) is 5.80. The van der Waals surface area contributed by atoms with Crippen LogP contribution in [0.4, 0.5) is 0 Å². The molecule has 0 amide bonds. The van der Waals surface area contributed by atoms with Gasteiger partial charge in [0.15, 0.2) is 0 Å². The Bertz CT molecular complexity index is 294. The fourth-order valence-corrected chi connectivity index (χ4v) is 3.01.